The van der Waals surface area contributed by atoms with Gasteiger partial charge in [0.15, 0.2) is 0 Å². The van der Waals surface area contributed by atoms with Crippen molar-refractivity contribution in [3.05, 3.63) is 35.4 Å². The summed E-state index contributed by atoms with van der Waals surface area (Å²) in [4.78, 5) is 11.8. The van der Waals surface area contributed by atoms with E-state index < -0.39 is 6.10 Å². The predicted octanol–water partition coefficient (Wildman–Crippen LogP) is 1.45. The van der Waals surface area contributed by atoms with Gasteiger partial charge in [-0.3, -0.25) is 4.79 Å². The van der Waals surface area contributed by atoms with Crippen LogP contribution < -0.4 is 5.32 Å². The Morgan fingerprint density at radius 3 is 2.82 bits per heavy atom. The first-order valence-corrected chi connectivity index (χ1v) is 5.52. The van der Waals surface area contributed by atoms with Crippen LogP contribution in [-0.2, 0) is 0 Å². The number of nitrogens with one attached hydrogen (secondary N) is 1. The summed E-state index contributed by atoms with van der Waals surface area (Å²) in [5.41, 5.74) is 0.919. The summed E-state index contributed by atoms with van der Waals surface area (Å²) in [5, 5.41) is 20.7. The van der Waals surface area contributed by atoms with Crippen LogP contribution in [0.25, 0.3) is 0 Å². The van der Waals surface area contributed by atoms with E-state index in [-0.39, 0.29) is 11.9 Å². The SMILES string of the molecule is CC(O)CC(C)NC(=O)c1cccc(C#N)c1. The highest BCUT2D eigenvalue weighted by Gasteiger charge is 2.11. The number of nitrogens with zero attached hydrogens (tertiary/aromatic N) is 1. The average Bonchev–Trinajstić information content (AvgIpc) is 2.27. The summed E-state index contributed by atoms with van der Waals surface area (Å²) in [6.45, 7) is 3.51. The number of hydrogen-bond acceptors (Lipinski definition) is 3. The lowest BCUT2D eigenvalue weighted by molar-refractivity contribution is 0.0923. The van der Waals surface area contributed by atoms with Gasteiger partial charge in [0.1, 0.15) is 0 Å². The Kier molecular flexibility index (Phi) is 4.68. The highest BCUT2D eigenvalue weighted by molar-refractivity contribution is 5.94. The van der Waals surface area contributed by atoms with Gasteiger partial charge in [0.25, 0.3) is 5.91 Å². The van der Waals surface area contributed by atoms with E-state index in [0.717, 1.165) is 0 Å². The number of benzene rings is 1. The zero-order valence-corrected chi connectivity index (χ0v) is 9.97. The second-order valence-corrected chi connectivity index (χ2v) is 4.15. The molecule has 2 atom stereocenters. The summed E-state index contributed by atoms with van der Waals surface area (Å²) in [6.07, 6.45) is 0.0553. The number of aliphatic hydroxyl groups excluding tert-OH is 1. The van der Waals surface area contributed by atoms with Gasteiger partial charge in [-0.25, -0.2) is 0 Å². The number of carbonyl (C=O) groups is 1. The molecule has 0 saturated heterocycles. The molecular formula is C13H16N2O2. The average molecular weight is 232 g/mol. The summed E-state index contributed by atoms with van der Waals surface area (Å²) in [6, 6.07) is 8.41. The standard InChI is InChI=1S/C13H16N2O2/c1-9(6-10(2)16)15-13(17)12-5-3-4-11(7-12)8-14/h3-5,7,9-10,16H,6H2,1-2H3,(H,15,17). The molecule has 1 aromatic rings. The van der Waals surface area contributed by atoms with E-state index in [9.17, 15) is 9.90 Å². The van der Waals surface area contributed by atoms with E-state index >= 15 is 0 Å². The maximum absolute atomic E-state index is 11.8. The van der Waals surface area contributed by atoms with E-state index in [2.05, 4.69) is 5.32 Å². The molecule has 0 aliphatic heterocycles. The fourth-order valence-electron chi connectivity index (χ4n) is 1.61. The lowest BCUT2D eigenvalue weighted by Crippen LogP contribution is -2.34. The third-order valence-corrected chi connectivity index (χ3v) is 2.33. The summed E-state index contributed by atoms with van der Waals surface area (Å²) in [7, 11) is 0. The smallest absolute Gasteiger partial charge is 0.251 e. The number of carbonyl (C=O) groups excluding carboxylic acids is 1. The van der Waals surface area contributed by atoms with Crippen molar-refractivity contribution in [3.8, 4) is 6.07 Å². The lowest BCUT2D eigenvalue weighted by Gasteiger charge is -2.15. The van der Waals surface area contributed by atoms with Gasteiger partial charge >= 0.3 is 0 Å². The van der Waals surface area contributed by atoms with E-state index in [1.165, 1.54) is 0 Å². The fourth-order valence-corrected chi connectivity index (χ4v) is 1.61. The molecule has 4 heteroatoms. The maximum Gasteiger partial charge on any atom is 0.251 e. The highest BCUT2D eigenvalue weighted by atomic mass is 16.3. The molecule has 4 nitrogen and oxygen atoms in total. The van der Waals surface area contributed by atoms with Gasteiger partial charge in [-0.05, 0) is 38.5 Å². The molecule has 0 radical (unpaired) electrons. The van der Waals surface area contributed by atoms with Gasteiger partial charge in [-0.15, -0.1) is 0 Å². The maximum atomic E-state index is 11.8. The molecule has 2 unspecified atom stereocenters. The van der Waals surface area contributed by atoms with Crippen molar-refractivity contribution < 1.29 is 9.90 Å². The minimum Gasteiger partial charge on any atom is -0.393 e. The van der Waals surface area contributed by atoms with Crippen molar-refractivity contribution in [2.45, 2.75) is 32.4 Å². The molecule has 17 heavy (non-hydrogen) atoms. The molecule has 0 spiro atoms. The molecule has 0 heterocycles. The summed E-state index contributed by atoms with van der Waals surface area (Å²) >= 11 is 0. The van der Waals surface area contributed by atoms with Crippen molar-refractivity contribution in [3.63, 3.8) is 0 Å². The van der Waals surface area contributed by atoms with E-state index in [1.54, 1.807) is 31.2 Å². The Hall–Kier alpha value is -1.86. The van der Waals surface area contributed by atoms with Crippen LogP contribution in [0.2, 0.25) is 0 Å². The van der Waals surface area contributed by atoms with E-state index in [1.807, 2.05) is 13.0 Å². The summed E-state index contributed by atoms with van der Waals surface area (Å²) in [5.74, 6) is -0.227. The zero-order chi connectivity index (χ0) is 12.8. The van der Waals surface area contributed by atoms with Crippen LogP contribution in [0.1, 0.15) is 36.2 Å². The topological polar surface area (TPSA) is 73.1 Å². The molecule has 0 aromatic heterocycles. The van der Waals surface area contributed by atoms with Crippen molar-refractivity contribution >= 4 is 5.91 Å². The molecule has 0 aliphatic rings. The van der Waals surface area contributed by atoms with E-state index in [0.29, 0.717) is 17.5 Å². The lowest BCUT2D eigenvalue weighted by atomic mass is 10.1. The second kappa shape index (κ2) is 6.02. The van der Waals surface area contributed by atoms with Crippen LogP contribution in [-0.4, -0.2) is 23.2 Å². The molecule has 0 bridgehead atoms. The van der Waals surface area contributed by atoms with Gasteiger partial charge in [-0.1, -0.05) is 6.07 Å². The number of rotatable bonds is 4. The van der Waals surface area contributed by atoms with Crippen molar-refractivity contribution in [1.82, 2.24) is 5.32 Å². The van der Waals surface area contributed by atoms with Gasteiger partial charge in [0.05, 0.1) is 17.7 Å². The van der Waals surface area contributed by atoms with Gasteiger partial charge in [0, 0.05) is 11.6 Å². The highest BCUT2D eigenvalue weighted by Crippen LogP contribution is 2.05. The number of amides is 1. The Bertz CT molecular complexity index is 435. The van der Waals surface area contributed by atoms with E-state index in [4.69, 9.17) is 5.26 Å². The Morgan fingerprint density at radius 2 is 2.24 bits per heavy atom. The molecule has 0 saturated carbocycles. The number of nitriles is 1. The predicted molar refractivity (Wildman–Crippen MR) is 64.4 cm³/mol. The van der Waals surface area contributed by atoms with Gasteiger partial charge < -0.3 is 10.4 Å². The molecule has 2 N–H and O–H groups in total. The first kappa shape index (κ1) is 13.2. The normalized spacial score (nSPS) is 13.5. The molecule has 1 aromatic carbocycles. The molecular weight excluding hydrogens is 216 g/mol. The number of hydrogen-bond donors (Lipinski definition) is 2. The van der Waals surface area contributed by atoms with Crippen molar-refractivity contribution in [1.29, 1.82) is 5.26 Å². The first-order chi connectivity index (χ1) is 8.02. The Morgan fingerprint density at radius 1 is 1.53 bits per heavy atom. The van der Waals surface area contributed by atoms with Crippen molar-refractivity contribution in [2.75, 3.05) is 0 Å². The minimum atomic E-state index is -0.448. The van der Waals surface area contributed by atoms with Crippen molar-refractivity contribution in [2.24, 2.45) is 0 Å². The minimum absolute atomic E-state index is 0.103. The largest absolute Gasteiger partial charge is 0.393 e. The molecule has 0 aliphatic carbocycles. The van der Waals surface area contributed by atoms with Crippen LogP contribution in [0, 0.1) is 11.3 Å². The second-order valence-electron chi connectivity index (χ2n) is 4.15. The molecule has 1 amide bonds. The third-order valence-electron chi connectivity index (χ3n) is 2.33. The van der Waals surface area contributed by atoms with Gasteiger partial charge in [0.2, 0.25) is 0 Å². The third kappa shape index (κ3) is 4.25. The monoisotopic (exact) mass is 232 g/mol. The van der Waals surface area contributed by atoms with Crippen LogP contribution >= 0.6 is 0 Å². The van der Waals surface area contributed by atoms with Crippen LogP contribution in [0.15, 0.2) is 24.3 Å². The fraction of sp³-hybridized carbons (Fsp3) is 0.385. The van der Waals surface area contributed by atoms with Gasteiger partial charge in [-0.2, -0.15) is 5.26 Å². The summed E-state index contributed by atoms with van der Waals surface area (Å²) < 4.78 is 0. The quantitative estimate of drug-likeness (QED) is 0.825. The molecule has 90 valence electrons. The zero-order valence-electron chi connectivity index (χ0n) is 9.97. The van der Waals surface area contributed by atoms with Crippen LogP contribution in [0.4, 0.5) is 0 Å². The first-order valence-electron chi connectivity index (χ1n) is 5.52. The Labute approximate surface area is 101 Å². The molecule has 1 rings (SSSR count). The number of aliphatic hydroxyl groups is 1. The Balaban J connectivity index is 2.67. The van der Waals surface area contributed by atoms with Crippen LogP contribution in [0.5, 0.6) is 0 Å². The molecule has 0 fully saturated rings. The van der Waals surface area contributed by atoms with Crippen LogP contribution in [0.3, 0.4) is 0 Å².